The highest BCUT2D eigenvalue weighted by Crippen LogP contribution is 2.37. The summed E-state index contributed by atoms with van der Waals surface area (Å²) >= 11 is -1.55. The van der Waals surface area contributed by atoms with E-state index in [2.05, 4.69) is 0 Å². The summed E-state index contributed by atoms with van der Waals surface area (Å²) in [5.41, 5.74) is 0. The van der Waals surface area contributed by atoms with Crippen molar-refractivity contribution in [2.24, 2.45) is 0 Å². The Labute approximate surface area is 55.0 Å². The van der Waals surface area contributed by atoms with Crippen molar-refractivity contribution in [1.82, 2.24) is 0 Å². The molecule has 0 N–H and O–H groups in total. The van der Waals surface area contributed by atoms with E-state index in [0.29, 0.717) is 13.0 Å². The van der Waals surface area contributed by atoms with Gasteiger partial charge >= 0.3 is 17.3 Å². The zero-order chi connectivity index (χ0) is 6.32. The molecule has 0 radical (unpaired) electrons. The lowest BCUT2D eigenvalue weighted by Gasteiger charge is -2.32. The molecular formula is C4H6O4S. The highest BCUT2D eigenvalue weighted by molar-refractivity contribution is 7.76. The van der Waals surface area contributed by atoms with Gasteiger partial charge in [0.1, 0.15) is 0 Å². The van der Waals surface area contributed by atoms with Crippen molar-refractivity contribution in [3.8, 4) is 0 Å². The molecule has 9 heavy (non-hydrogen) atoms. The van der Waals surface area contributed by atoms with E-state index in [1.807, 2.05) is 0 Å². The second kappa shape index (κ2) is 1.76. The fraction of sp³-hybridized carbons (Fsp3) is 1.00. The third-order valence-corrected chi connectivity index (χ3v) is 2.12. The number of hydrogen-bond acceptors (Lipinski definition) is 4. The number of rotatable bonds is 0. The van der Waals surface area contributed by atoms with Crippen LogP contribution in [0.2, 0.25) is 0 Å². The molecule has 5 heteroatoms. The van der Waals surface area contributed by atoms with Crippen LogP contribution in [-0.4, -0.2) is 16.8 Å². The monoisotopic (exact) mass is 150 g/mol. The molecule has 0 atom stereocenters. The second-order valence-corrected chi connectivity index (χ2v) is 2.75. The van der Waals surface area contributed by atoms with Gasteiger partial charge in [0.2, 0.25) is 0 Å². The third-order valence-electron chi connectivity index (χ3n) is 1.34. The quantitative estimate of drug-likeness (QED) is 0.490. The molecule has 0 aromatic heterocycles. The van der Waals surface area contributed by atoms with Crippen LogP contribution in [0.4, 0.5) is 0 Å². The summed E-state index contributed by atoms with van der Waals surface area (Å²) < 4.78 is 24.7. The largest absolute Gasteiger partial charge is 0.326 e. The molecule has 0 unspecified atom stereocenters. The van der Waals surface area contributed by atoms with E-state index in [1.165, 1.54) is 0 Å². The molecule has 2 rings (SSSR count). The van der Waals surface area contributed by atoms with Gasteiger partial charge in [0.25, 0.3) is 0 Å². The molecule has 52 valence electrons. The molecule has 0 bridgehead atoms. The van der Waals surface area contributed by atoms with Crippen molar-refractivity contribution in [2.45, 2.75) is 18.8 Å². The van der Waals surface area contributed by atoms with Gasteiger partial charge in [-0.2, -0.15) is 4.21 Å². The van der Waals surface area contributed by atoms with Crippen LogP contribution in [0.25, 0.3) is 0 Å². The predicted octanol–water partition coefficient (Wildman–Crippen LogP) is 0.0761. The van der Waals surface area contributed by atoms with Crippen molar-refractivity contribution < 1.29 is 17.3 Å². The van der Waals surface area contributed by atoms with Crippen LogP contribution >= 0.6 is 0 Å². The molecule has 0 aromatic carbocycles. The maximum atomic E-state index is 10.2. The third kappa shape index (κ3) is 0.806. The normalized spacial score (nSPS) is 49.6. The van der Waals surface area contributed by atoms with Gasteiger partial charge in [0.05, 0.1) is 6.61 Å². The van der Waals surface area contributed by atoms with Gasteiger partial charge in [0.15, 0.2) is 0 Å². The van der Waals surface area contributed by atoms with Crippen molar-refractivity contribution in [3.05, 3.63) is 0 Å². The van der Waals surface area contributed by atoms with Crippen LogP contribution in [0.3, 0.4) is 0 Å². The first-order valence-corrected chi connectivity index (χ1v) is 3.75. The summed E-state index contributed by atoms with van der Waals surface area (Å²) in [6.07, 6.45) is 1.61. The Morgan fingerprint density at radius 3 is 2.67 bits per heavy atom. The topological polar surface area (TPSA) is 44.8 Å². The van der Waals surface area contributed by atoms with Crippen LogP contribution in [0.5, 0.6) is 0 Å². The lowest BCUT2D eigenvalue weighted by molar-refractivity contribution is -0.319. The van der Waals surface area contributed by atoms with Gasteiger partial charge in [-0.25, -0.2) is 8.37 Å². The highest BCUT2D eigenvalue weighted by Gasteiger charge is 2.51. The van der Waals surface area contributed by atoms with E-state index < -0.39 is 17.3 Å². The van der Waals surface area contributed by atoms with Gasteiger partial charge in [0, 0.05) is 6.42 Å². The standard InChI is InChI=1S/C4H6O4S/c5-9-7-4(8-9)2-1-3-6-4/h1-3H2. The lowest BCUT2D eigenvalue weighted by Crippen LogP contribution is -2.46. The molecule has 4 nitrogen and oxygen atoms in total. The summed E-state index contributed by atoms with van der Waals surface area (Å²) in [4.78, 5) is 0. The summed E-state index contributed by atoms with van der Waals surface area (Å²) in [6, 6.07) is 0. The molecule has 0 saturated carbocycles. The van der Waals surface area contributed by atoms with Crippen LogP contribution < -0.4 is 0 Å². The van der Waals surface area contributed by atoms with Crippen molar-refractivity contribution in [3.63, 3.8) is 0 Å². The van der Waals surface area contributed by atoms with Crippen molar-refractivity contribution >= 4 is 11.4 Å². The highest BCUT2D eigenvalue weighted by atomic mass is 32.2. The Morgan fingerprint density at radius 2 is 2.22 bits per heavy atom. The Hall–Kier alpha value is 0.0300. The molecule has 2 aliphatic heterocycles. The number of hydrogen-bond donors (Lipinski definition) is 0. The van der Waals surface area contributed by atoms with Crippen molar-refractivity contribution in [2.75, 3.05) is 6.61 Å². The molecule has 2 aliphatic rings. The average molecular weight is 150 g/mol. The minimum atomic E-state index is -1.55. The molecule has 0 aromatic rings. The zero-order valence-corrected chi connectivity index (χ0v) is 5.48. The molecule has 2 fully saturated rings. The molecule has 2 saturated heterocycles. The van der Waals surface area contributed by atoms with E-state index in [1.54, 1.807) is 0 Å². The van der Waals surface area contributed by atoms with E-state index >= 15 is 0 Å². The molecular weight excluding hydrogens is 144 g/mol. The predicted molar refractivity (Wildman–Crippen MR) is 28.2 cm³/mol. The van der Waals surface area contributed by atoms with Gasteiger partial charge < -0.3 is 4.74 Å². The summed E-state index contributed by atoms with van der Waals surface area (Å²) in [5, 5.41) is 0. The van der Waals surface area contributed by atoms with Crippen LogP contribution in [-0.2, 0) is 24.5 Å². The summed E-state index contributed by atoms with van der Waals surface area (Å²) in [7, 11) is 0. The fourth-order valence-electron chi connectivity index (χ4n) is 0.934. The van der Waals surface area contributed by atoms with E-state index in [4.69, 9.17) is 13.1 Å². The SMILES string of the molecule is O=S1OC2(CCCO2)O1. The second-order valence-electron chi connectivity index (χ2n) is 2.01. The number of ether oxygens (including phenoxy) is 1. The molecule has 0 aliphatic carbocycles. The fourth-order valence-corrected chi connectivity index (χ4v) is 1.62. The Balaban J connectivity index is 2.03. The zero-order valence-electron chi connectivity index (χ0n) is 4.66. The molecule has 0 amide bonds. The average Bonchev–Trinajstić information content (AvgIpc) is 2.12. The maximum absolute atomic E-state index is 10.2. The van der Waals surface area contributed by atoms with Crippen molar-refractivity contribution in [1.29, 1.82) is 0 Å². The maximum Gasteiger partial charge on any atom is 0.314 e. The first-order chi connectivity index (χ1) is 4.31. The van der Waals surface area contributed by atoms with E-state index in [-0.39, 0.29) is 0 Å². The van der Waals surface area contributed by atoms with Crippen LogP contribution in [0.15, 0.2) is 0 Å². The Bertz CT molecular complexity index is 141. The van der Waals surface area contributed by atoms with Gasteiger partial charge in [-0.05, 0) is 6.42 Å². The Kier molecular flexibility index (Phi) is 1.13. The minimum Gasteiger partial charge on any atom is -0.326 e. The first-order valence-electron chi connectivity index (χ1n) is 2.75. The summed E-state index contributed by atoms with van der Waals surface area (Å²) in [6.45, 7) is 0.636. The van der Waals surface area contributed by atoms with Gasteiger partial charge in [-0.3, -0.25) is 0 Å². The summed E-state index contributed by atoms with van der Waals surface area (Å²) in [5.74, 6) is -0.912. The van der Waals surface area contributed by atoms with E-state index in [9.17, 15) is 4.21 Å². The van der Waals surface area contributed by atoms with Gasteiger partial charge in [-0.15, -0.1) is 0 Å². The van der Waals surface area contributed by atoms with Crippen LogP contribution in [0, 0.1) is 0 Å². The lowest BCUT2D eigenvalue weighted by atomic mass is 10.3. The van der Waals surface area contributed by atoms with Gasteiger partial charge in [-0.1, -0.05) is 0 Å². The van der Waals surface area contributed by atoms with E-state index in [0.717, 1.165) is 6.42 Å². The van der Waals surface area contributed by atoms with Crippen LogP contribution in [0.1, 0.15) is 12.8 Å². The minimum absolute atomic E-state index is 0.636. The molecule has 1 spiro atoms. The Morgan fingerprint density at radius 1 is 1.44 bits per heavy atom. The smallest absolute Gasteiger partial charge is 0.314 e. The first kappa shape index (κ1) is 5.79. The molecule has 2 heterocycles.